The first kappa shape index (κ1) is 17.6. The second-order valence-corrected chi connectivity index (χ2v) is 6.81. The normalized spacial score (nSPS) is 15.6. The number of carbonyl (C=O) groups is 1. The van der Waals surface area contributed by atoms with Gasteiger partial charge < -0.3 is 4.74 Å². The van der Waals surface area contributed by atoms with Gasteiger partial charge in [0.1, 0.15) is 0 Å². The Morgan fingerprint density at radius 3 is 2.19 bits per heavy atom. The highest BCUT2D eigenvalue weighted by molar-refractivity contribution is 6.15. The largest absolute Gasteiger partial charge is 0.379 e. The summed E-state index contributed by atoms with van der Waals surface area (Å²) in [5.74, 6) is -0.103. The highest BCUT2D eigenvalue weighted by Crippen LogP contribution is 2.31. The van der Waals surface area contributed by atoms with Crippen LogP contribution < -0.4 is 5.43 Å². The third-order valence-corrected chi connectivity index (χ3v) is 5.10. The summed E-state index contributed by atoms with van der Waals surface area (Å²) in [5, 5.41) is 8.94. The number of hydrogen-bond donors (Lipinski definition) is 1. The SMILES string of the molecule is Cc1c2ccccc2c(/C=N/NC(=O)CN2CCOCC2)c2ccccc12. The zero-order valence-corrected chi connectivity index (χ0v) is 15.4. The van der Waals surface area contributed by atoms with Crippen molar-refractivity contribution in [3.8, 4) is 0 Å². The minimum atomic E-state index is -0.103. The number of nitrogens with one attached hydrogen (secondary N) is 1. The van der Waals surface area contributed by atoms with Crippen molar-refractivity contribution in [3.05, 3.63) is 59.7 Å². The first-order chi connectivity index (χ1) is 13.2. The molecule has 0 unspecified atom stereocenters. The van der Waals surface area contributed by atoms with Crippen molar-refractivity contribution in [1.82, 2.24) is 10.3 Å². The number of nitrogens with zero attached hydrogens (tertiary/aromatic N) is 2. The maximum Gasteiger partial charge on any atom is 0.254 e. The highest BCUT2D eigenvalue weighted by Gasteiger charge is 2.14. The van der Waals surface area contributed by atoms with Gasteiger partial charge in [-0.15, -0.1) is 0 Å². The lowest BCUT2D eigenvalue weighted by molar-refractivity contribution is -0.123. The Bertz CT molecular complexity index is 950. The van der Waals surface area contributed by atoms with Gasteiger partial charge in [-0.2, -0.15) is 5.10 Å². The van der Waals surface area contributed by atoms with E-state index in [1.807, 2.05) is 12.1 Å². The molecule has 0 atom stereocenters. The van der Waals surface area contributed by atoms with E-state index in [0.717, 1.165) is 29.4 Å². The molecule has 5 nitrogen and oxygen atoms in total. The van der Waals surface area contributed by atoms with Crippen LogP contribution in [0.4, 0.5) is 0 Å². The van der Waals surface area contributed by atoms with Crippen LogP contribution in [0.15, 0.2) is 53.6 Å². The number of carbonyl (C=O) groups excluding carboxylic acids is 1. The number of aryl methyl sites for hydroxylation is 1. The van der Waals surface area contributed by atoms with Gasteiger partial charge in [-0.3, -0.25) is 9.69 Å². The maximum absolute atomic E-state index is 12.2. The molecule has 1 aliphatic rings. The van der Waals surface area contributed by atoms with E-state index in [1.165, 1.54) is 16.3 Å². The Hall–Kier alpha value is -2.76. The molecule has 138 valence electrons. The summed E-state index contributed by atoms with van der Waals surface area (Å²) in [5.41, 5.74) is 4.96. The molecule has 1 amide bonds. The van der Waals surface area contributed by atoms with E-state index in [2.05, 4.69) is 58.7 Å². The molecule has 0 aromatic heterocycles. The van der Waals surface area contributed by atoms with E-state index in [1.54, 1.807) is 6.21 Å². The van der Waals surface area contributed by atoms with Crippen LogP contribution in [0.1, 0.15) is 11.1 Å². The summed E-state index contributed by atoms with van der Waals surface area (Å²) in [4.78, 5) is 14.2. The van der Waals surface area contributed by atoms with Gasteiger partial charge >= 0.3 is 0 Å². The van der Waals surface area contributed by atoms with Gasteiger partial charge in [-0.25, -0.2) is 5.43 Å². The molecule has 1 N–H and O–H groups in total. The third kappa shape index (κ3) is 3.70. The van der Waals surface area contributed by atoms with Crippen LogP contribution in [0, 0.1) is 6.92 Å². The Labute approximate surface area is 158 Å². The van der Waals surface area contributed by atoms with Crippen LogP contribution in [-0.2, 0) is 9.53 Å². The van der Waals surface area contributed by atoms with E-state index >= 15 is 0 Å². The molecule has 1 fully saturated rings. The number of rotatable bonds is 4. The first-order valence-corrected chi connectivity index (χ1v) is 9.26. The predicted octanol–water partition coefficient (Wildman–Crippen LogP) is 3.08. The lowest BCUT2D eigenvalue weighted by atomic mass is 9.93. The van der Waals surface area contributed by atoms with Crippen LogP contribution >= 0.6 is 0 Å². The zero-order chi connectivity index (χ0) is 18.6. The second-order valence-electron chi connectivity index (χ2n) is 6.81. The van der Waals surface area contributed by atoms with Crippen LogP contribution in [0.2, 0.25) is 0 Å². The number of benzene rings is 3. The molecule has 3 aromatic carbocycles. The molecular formula is C22H23N3O2. The quantitative estimate of drug-likeness (QED) is 0.441. The Kier molecular flexibility index (Phi) is 5.14. The molecule has 1 heterocycles. The summed E-state index contributed by atoms with van der Waals surface area (Å²) in [6.07, 6.45) is 1.77. The van der Waals surface area contributed by atoms with E-state index < -0.39 is 0 Å². The van der Waals surface area contributed by atoms with Crippen molar-refractivity contribution in [2.45, 2.75) is 6.92 Å². The standard InChI is InChI=1S/C22H23N3O2/c1-16-17-6-2-4-8-19(17)21(20-9-5-3-7-18(16)20)14-23-24-22(26)15-25-10-12-27-13-11-25/h2-9,14H,10-13,15H2,1H3,(H,24,26)/b23-14+. The van der Waals surface area contributed by atoms with E-state index in [9.17, 15) is 4.79 Å². The fourth-order valence-electron chi connectivity index (χ4n) is 3.69. The minimum Gasteiger partial charge on any atom is -0.379 e. The fraction of sp³-hybridized carbons (Fsp3) is 0.273. The average Bonchev–Trinajstić information content (AvgIpc) is 2.71. The Balaban J connectivity index is 1.61. The number of amides is 1. The number of morpholine rings is 1. The van der Waals surface area contributed by atoms with E-state index in [4.69, 9.17) is 4.74 Å². The summed E-state index contributed by atoms with van der Waals surface area (Å²) < 4.78 is 5.31. The fourth-order valence-corrected chi connectivity index (χ4v) is 3.69. The highest BCUT2D eigenvalue weighted by atomic mass is 16.5. The van der Waals surface area contributed by atoms with Crippen molar-refractivity contribution in [1.29, 1.82) is 0 Å². The molecule has 0 radical (unpaired) electrons. The van der Waals surface area contributed by atoms with Crippen molar-refractivity contribution in [2.75, 3.05) is 32.8 Å². The van der Waals surface area contributed by atoms with Crippen LogP contribution in [0.5, 0.6) is 0 Å². The number of hydrazone groups is 1. The van der Waals surface area contributed by atoms with Crippen LogP contribution in [0.25, 0.3) is 21.5 Å². The molecular weight excluding hydrogens is 338 g/mol. The molecule has 0 saturated carbocycles. The Morgan fingerprint density at radius 1 is 1.04 bits per heavy atom. The second kappa shape index (κ2) is 7.86. The predicted molar refractivity (Wildman–Crippen MR) is 109 cm³/mol. The molecule has 0 aliphatic carbocycles. The van der Waals surface area contributed by atoms with Gasteiger partial charge in [0.25, 0.3) is 5.91 Å². The number of ether oxygens (including phenoxy) is 1. The van der Waals surface area contributed by atoms with Crippen LogP contribution in [-0.4, -0.2) is 49.9 Å². The van der Waals surface area contributed by atoms with E-state index in [-0.39, 0.29) is 5.91 Å². The molecule has 27 heavy (non-hydrogen) atoms. The smallest absolute Gasteiger partial charge is 0.254 e. The van der Waals surface area contributed by atoms with Gasteiger partial charge in [-0.1, -0.05) is 48.5 Å². The van der Waals surface area contributed by atoms with Crippen molar-refractivity contribution >= 4 is 33.7 Å². The van der Waals surface area contributed by atoms with Gasteiger partial charge in [0.05, 0.1) is 26.0 Å². The summed E-state index contributed by atoms with van der Waals surface area (Å²) in [6, 6.07) is 16.6. The molecule has 4 rings (SSSR count). The van der Waals surface area contributed by atoms with Crippen molar-refractivity contribution < 1.29 is 9.53 Å². The Morgan fingerprint density at radius 2 is 1.59 bits per heavy atom. The number of fused-ring (bicyclic) bond motifs is 2. The van der Waals surface area contributed by atoms with Gasteiger partial charge in [0.2, 0.25) is 0 Å². The molecule has 0 bridgehead atoms. The van der Waals surface area contributed by atoms with Gasteiger partial charge in [0, 0.05) is 18.7 Å². The summed E-state index contributed by atoms with van der Waals surface area (Å²) >= 11 is 0. The lowest BCUT2D eigenvalue weighted by Gasteiger charge is -2.25. The average molecular weight is 361 g/mol. The van der Waals surface area contributed by atoms with E-state index in [0.29, 0.717) is 19.8 Å². The maximum atomic E-state index is 12.2. The number of hydrogen-bond acceptors (Lipinski definition) is 4. The molecule has 0 spiro atoms. The summed E-state index contributed by atoms with van der Waals surface area (Å²) in [6.45, 7) is 5.41. The summed E-state index contributed by atoms with van der Waals surface area (Å²) in [7, 11) is 0. The zero-order valence-electron chi connectivity index (χ0n) is 15.4. The monoisotopic (exact) mass is 361 g/mol. The van der Waals surface area contributed by atoms with Crippen LogP contribution in [0.3, 0.4) is 0 Å². The molecule has 1 aliphatic heterocycles. The van der Waals surface area contributed by atoms with Crippen molar-refractivity contribution in [2.24, 2.45) is 5.10 Å². The van der Waals surface area contributed by atoms with Gasteiger partial charge in [0.15, 0.2) is 0 Å². The molecule has 3 aromatic rings. The first-order valence-electron chi connectivity index (χ1n) is 9.26. The minimum absolute atomic E-state index is 0.103. The lowest BCUT2D eigenvalue weighted by Crippen LogP contribution is -2.42. The topological polar surface area (TPSA) is 53.9 Å². The molecule has 1 saturated heterocycles. The van der Waals surface area contributed by atoms with Gasteiger partial charge in [-0.05, 0) is 34.0 Å². The third-order valence-electron chi connectivity index (χ3n) is 5.10. The molecule has 5 heteroatoms. The van der Waals surface area contributed by atoms with Crippen molar-refractivity contribution in [3.63, 3.8) is 0 Å².